The highest BCUT2D eigenvalue weighted by atomic mass is 28.4. The molecule has 6 aromatic rings. The summed E-state index contributed by atoms with van der Waals surface area (Å²) in [4.78, 5) is 0. The van der Waals surface area contributed by atoms with E-state index in [0.717, 1.165) is 6.42 Å². The predicted octanol–water partition coefficient (Wildman–Crippen LogP) is 18.8. The van der Waals surface area contributed by atoms with Crippen LogP contribution in [0.15, 0.2) is 178 Å². The molecule has 0 amide bonds. The smallest absolute Gasteiger partial charge is 0.154 e. The Morgan fingerprint density at radius 2 is 0.699 bits per heavy atom. The quantitative estimate of drug-likeness (QED) is 0.0591. The van der Waals surface area contributed by atoms with Crippen LogP contribution >= 0.6 is 0 Å². The first-order valence-electron chi connectivity index (χ1n) is 33.6. The van der Waals surface area contributed by atoms with Crippen LogP contribution in [0.1, 0.15) is 57.0 Å². The third-order valence-electron chi connectivity index (χ3n) is 19.7. The summed E-state index contributed by atoms with van der Waals surface area (Å²) < 4.78 is 14.9. The molecule has 0 saturated heterocycles. The Hall–Kier alpha value is -4.48. The number of rotatable bonds is 23. The Morgan fingerprint density at radius 1 is 0.312 bits per heavy atom. The van der Waals surface area contributed by atoms with Gasteiger partial charge in [-0.15, -0.1) is 0 Å². The van der Waals surface area contributed by atoms with Gasteiger partial charge in [0.05, 0.1) is 0 Å². The highest BCUT2D eigenvalue weighted by molar-refractivity contribution is 6.91. The summed E-state index contributed by atoms with van der Waals surface area (Å²) in [7, 11) is 11.4. The molecule has 0 fully saturated rings. The van der Waals surface area contributed by atoms with Crippen LogP contribution in [0.5, 0.6) is 0 Å². The van der Waals surface area contributed by atoms with Crippen LogP contribution in [-0.2, 0) is 24.6 Å². The normalized spacial score (nSPS) is 12.2. The maximum atomic E-state index is 3.87. The van der Waals surface area contributed by atoms with E-state index >= 15 is 0 Å². The summed E-state index contributed by atoms with van der Waals surface area (Å²) in [5.74, 6) is 0. The monoisotopic (exact) mass is 1390 g/mol. The summed E-state index contributed by atoms with van der Waals surface area (Å²) in [5.41, 5.74) is 12.1. The minimum atomic E-state index is -1.46. The van der Waals surface area contributed by atoms with Crippen LogP contribution in [0.2, 0.25) is 118 Å². The minimum Gasteiger partial charge on any atom is -0.348 e. The zero-order valence-electron chi connectivity index (χ0n) is 64.8. The topological polar surface area (TPSA) is 19.4 Å². The van der Waals surface area contributed by atoms with E-state index < -0.39 is 65.9 Å². The second kappa shape index (κ2) is 38.5. The van der Waals surface area contributed by atoms with E-state index in [2.05, 4.69) is 400 Å². The van der Waals surface area contributed by atoms with Crippen molar-refractivity contribution in [1.82, 2.24) is 26.7 Å². The average molecular weight is 1390 g/mol. The summed E-state index contributed by atoms with van der Waals surface area (Å²) >= 11 is 0. The lowest BCUT2D eigenvalue weighted by Gasteiger charge is -2.42. The zero-order valence-corrected chi connectivity index (χ0v) is 72.8. The van der Waals surface area contributed by atoms with Gasteiger partial charge in [0, 0.05) is 0 Å². The standard InChI is InChI=1S/2C15H27NSi2.C13H23NSi.3C12H19NSi/c1-8-14-9-11-15(12-10-14)13-18(6,7)16(2)17(3,4)5;1-8-14-10-9-11-15(12-14)13-18(6,7)16(2)17(3,4)5;1-6-12-9-7-8-10-13(12)11-15(4,5)14(2)3;1-6-11-7-9-12(10-8-11)14(4,5)13(2)3;1-6-11-8-7-9-12(10-11)14(4,5)13(2)3;1-6-11-9-7-8-10-12(11)14(4,5)13(2)3/h2*8-12H,1,13H2,2-7H3;7-10H,6,11H2,1-5H3;3*6-10H,1H2,2-5H3. The van der Waals surface area contributed by atoms with Crippen molar-refractivity contribution in [3.05, 3.63) is 229 Å². The third-order valence-corrected chi connectivity index (χ3v) is 53.2. The Balaban J connectivity index is 0.000000560. The van der Waals surface area contributed by atoms with E-state index in [4.69, 9.17) is 0 Å². The zero-order chi connectivity index (χ0) is 71.7. The molecule has 0 N–H and O–H groups in total. The van der Waals surface area contributed by atoms with Crippen molar-refractivity contribution >= 4 is 112 Å². The second-order valence-electron chi connectivity index (χ2n) is 31.1. The molecule has 6 rings (SSSR count). The van der Waals surface area contributed by atoms with Gasteiger partial charge in [-0.25, -0.2) is 0 Å². The fourth-order valence-electron chi connectivity index (χ4n) is 10.4. The first-order chi connectivity index (χ1) is 42.8. The molecule has 0 aromatic heterocycles. The molecule has 6 nitrogen and oxygen atoms in total. The van der Waals surface area contributed by atoms with Gasteiger partial charge in [0.2, 0.25) is 0 Å². The number of hydrogen-bond acceptors (Lipinski definition) is 6. The summed E-state index contributed by atoms with van der Waals surface area (Å²) in [5, 5.41) is 4.38. The Labute approximate surface area is 582 Å². The number of aryl methyl sites for hydroxylation is 1. The Bertz CT molecular complexity index is 3220. The maximum Gasteiger partial charge on any atom is 0.154 e. The van der Waals surface area contributed by atoms with Crippen molar-refractivity contribution in [3.63, 3.8) is 0 Å². The van der Waals surface area contributed by atoms with Gasteiger partial charge in [-0.05, 0) is 161 Å². The van der Waals surface area contributed by atoms with Crippen molar-refractivity contribution in [3.8, 4) is 0 Å². The lowest BCUT2D eigenvalue weighted by Crippen LogP contribution is -2.59. The average Bonchev–Trinajstić information content (AvgIpc) is 0.887. The third kappa shape index (κ3) is 28.2. The molecule has 0 unspecified atom stereocenters. The molecule has 0 spiro atoms. The molecule has 0 aliphatic heterocycles. The van der Waals surface area contributed by atoms with Gasteiger partial charge in [-0.3, -0.25) is 0 Å². The van der Waals surface area contributed by atoms with Crippen molar-refractivity contribution in [2.75, 3.05) is 70.5 Å². The van der Waals surface area contributed by atoms with Gasteiger partial charge in [0.15, 0.2) is 24.7 Å². The van der Waals surface area contributed by atoms with E-state index in [-0.39, 0.29) is 0 Å². The molecule has 512 valence electrons. The predicted molar refractivity (Wildman–Crippen MR) is 450 cm³/mol. The van der Waals surface area contributed by atoms with Gasteiger partial charge < -0.3 is 26.7 Å². The molecular weight excluding hydrogens is 1260 g/mol. The van der Waals surface area contributed by atoms with E-state index in [1.165, 1.54) is 78.2 Å². The number of benzene rings is 6. The molecule has 0 radical (unpaired) electrons. The molecule has 0 aliphatic rings. The van der Waals surface area contributed by atoms with Crippen LogP contribution < -0.4 is 15.6 Å². The first-order valence-corrected chi connectivity index (χ1v) is 58.8. The maximum absolute atomic E-state index is 3.87. The van der Waals surface area contributed by atoms with Gasteiger partial charge in [-0.2, -0.15) is 0 Å². The number of nitrogens with zero attached hydrogens (tertiary/aromatic N) is 6. The molecule has 6 aromatic carbocycles. The second-order valence-corrected chi connectivity index (χ2v) is 70.0. The van der Waals surface area contributed by atoms with Crippen molar-refractivity contribution in [2.45, 2.75) is 149 Å². The van der Waals surface area contributed by atoms with Crippen LogP contribution in [0.25, 0.3) is 30.4 Å². The van der Waals surface area contributed by atoms with Gasteiger partial charge >= 0.3 is 0 Å². The van der Waals surface area contributed by atoms with Crippen molar-refractivity contribution in [1.29, 1.82) is 0 Å². The van der Waals surface area contributed by atoms with Crippen LogP contribution in [0.4, 0.5) is 0 Å². The fraction of sp³-hybridized carbons (Fsp3) is 0.418. The molecule has 14 heteroatoms. The Kier molecular flexibility index (Phi) is 35.8. The van der Waals surface area contributed by atoms with E-state index in [9.17, 15) is 0 Å². The Morgan fingerprint density at radius 3 is 1.11 bits per heavy atom. The molecule has 0 aliphatic carbocycles. The van der Waals surface area contributed by atoms with Crippen LogP contribution in [0, 0.1) is 0 Å². The first kappa shape index (κ1) is 86.5. The molecule has 0 atom stereocenters. The van der Waals surface area contributed by atoms with Crippen LogP contribution in [-0.4, -0.2) is 163 Å². The van der Waals surface area contributed by atoms with Gasteiger partial charge in [-0.1, -0.05) is 334 Å². The molecule has 0 saturated carbocycles. The van der Waals surface area contributed by atoms with Crippen molar-refractivity contribution < 1.29 is 0 Å². The minimum absolute atomic E-state index is 1.15. The lowest BCUT2D eigenvalue weighted by atomic mass is 10.1. The molecular formula is C79H134N6Si8. The van der Waals surface area contributed by atoms with Crippen molar-refractivity contribution in [2.24, 2.45) is 0 Å². The molecule has 0 bridgehead atoms. The summed E-state index contributed by atoms with van der Waals surface area (Å²) in [6.45, 7) is 64.8. The molecule has 0 heterocycles. The highest BCUT2D eigenvalue weighted by Crippen LogP contribution is 2.25. The lowest BCUT2D eigenvalue weighted by molar-refractivity contribution is 0.616. The largest absolute Gasteiger partial charge is 0.348 e. The highest BCUT2D eigenvalue weighted by Gasteiger charge is 2.36. The van der Waals surface area contributed by atoms with Gasteiger partial charge in [0.25, 0.3) is 0 Å². The fourth-order valence-corrected chi connectivity index (χ4v) is 34.9. The van der Waals surface area contributed by atoms with Gasteiger partial charge in [0.1, 0.15) is 41.2 Å². The number of hydrogen-bond donors (Lipinski definition) is 0. The summed E-state index contributed by atoms with van der Waals surface area (Å²) in [6.07, 6.45) is 10.7. The van der Waals surface area contributed by atoms with E-state index in [1.54, 1.807) is 5.56 Å². The van der Waals surface area contributed by atoms with E-state index in [0.29, 0.717) is 0 Å². The summed E-state index contributed by atoms with van der Waals surface area (Å²) in [6, 6.07) is 56.1. The SMILES string of the molecule is C=Cc1ccc(C[Si](C)(C)N(C)[Si](C)(C)C)cc1.C=Cc1ccc([Si](C)(C)N(C)C)cc1.C=Cc1cccc(C[Si](C)(C)N(C)[Si](C)(C)C)c1.C=Cc1cccc([Si](C)(C)N(C)C)c1.C=Cc1ccccc1[Si](C)(C)N(C)C.CCc1ccccc1C[Si](C)(C)N(C)C. The van der Waals surface area contributed by atoms with Crippen LogP contribution in [0.3, 0.4) is 0 Å². The van der Waals surface area contributed by atoms with E-state index in [1.807, 2.05) is 30.4 Å². The molecule has 93 heavy (non-hydrogen) atoms.